The third-order valence-corrected chi connectivity index (χ3v) is 3.74. The Labute approximate surface area is 119 Å². The Hall–Kier alpha value is -1.87. The number of piperazine rings is 1. The summed E-state index contributed by atoms with van der Waals surface area (Å²) in [5, 5.41) is 13.1. The van der Waals surface area contributed by atoms with Crippen molar-refractivity contribution in [1.29, 1.82) is 0 Å². The van der Waals surface area contributed by atoms with Gasteiger partial charge in [0, 0.05) is 37.3 Å². The van der Waals surface area contributed by atoms with Gasteiger partial charge in [-0.3, -0.25) is 14.5 Å². The summed E-state index contributed by atoms with van der Waals surface area (Å²) in [4.78, 5) is 39.3. The van der Waals surface area contributed by atoms with E-state index in [1.54, 1.807) is 15.2 Å². The molecule has 2 rings (SSSR count). The van der Waals surface area contributed by atoms with Gasteiger partial charge in [0.1, 0.15) is 0 Å². The van der Waals surface area contributed by atoms with E-state index in [2.05, 4.69) is 10.3 Å². The maximum absolute atomic E-state index is 11.9. The van der Waals surface area contributed by atoms with E-state index in [1.807, 2.05) is 0 Å². The molecule has 0 atom stereocenters. The fourth-order valence-corrected chi connectivity index (χ4v) is 2.57. The van der Waals surface area contributed by atoms with E-state index in [-0.39, 0.29) is 24.0 Å². The number of carboxylic acid groups (broad SMARTS) is 1. The maximum atomic E-state index is 11.9. The lowest BCUT2D eigenvalue weighted by Gasteiger charge is -2.33. The van der Waals surface area contributed by atoms with Crippen LogP contribution < -0.4 is 10.2 Å². The number of aliphatic carboxylic acids is 1. The lowest BCUT2D eigenvalue weighted by Crippen LogP contribution is -2.52. The Morgan fingerprint density at radius 2 is 2.05 bits per heavy atom. The lowest BCUT2D eigenvalue weighted by molar-refractivity contribution is -0.138. The summed E-state index contributed by atoms with van der Waals surface area (Å²) in [7, 11) is 0. The Kier molecular flexibility index (Phi) is 4.74. The number of carboxylic acids is 1. The van der Waals surface area contributed by atoms with Gasteiger partial charge in [0.15, 0.2) is 0 Å². The number of rotatable bonds is 4. The highest BCUT2D eigenvalue weighted by Crippen LogP contribution is 2.02. The number of amides is 2. The second-order valence-corrected chi connectivity index (χ2v) is 5.33. The molecule has 20 heavy (non-hydrogen) atoms. The molecule has 1 aromatic rings. The molecular weight excluding hydrogens is 284 g/mol. The van der Waals surface area contributed by atoms with Crippen LogP contribution in [0, 0.1) is 0 Å². The normalized spacial score (nSPS) is 16.1. The lowest BCUT2D eigenvalue weighted by atomic mass is 10.3. The maximum Gasteiger partial charge on any atom is 0.317 e. The number of nitrogens with one attached hydrogen (secondary N) is 2. The molecule has 1 aromatic heterocycles. The van der Waals surface area contributed by atoms with Crippen molar-refractivity contribution >= 4 is 23.3 Å². The summed E-state index contributed by atoms with van der Waals surface area (Å²) < 4.78 is 0. The van der Waals surface area contributed by atoms with E-state index >= 15 is 0 Å². The highest BCUT2D eigenvalue weighted by Gasteiger charge is 2.21. The summed E-state index contributed by atoms with van der Waals surface area (Å²) in [5.74, 6) is -0.857. The van der Waals surface area contributed by atoms with E-state index < -0.39 is 5.97 Å². The van der Waals surface area contributed by atoms with Gasteiger partial charge in [-0.1, -0.05) is 11.3 Å². The number of aromatic nitrogens is 1. The van der Waals surface area contributed by atoms with Crippen molar-refractivity contribution in [3.8, 4) is 0 Å². The second kappa shape index (κ2) is 6.53. The summed E-state index contributed by atoms with van der Waals surface area (Å²) in [6.45, 7) is 2.39. The first-order valence-corrected chi connectivity index (χ1v) is 7.06. The predicted molar refractivity (Wildman–Crippen MR) is 72.8 cm³/mol. The van der Waals surface area contributed by atoms with Crippen LogP contribution in [0.25, 0.3) is 0 Å². The van der Waals surface area contributed by atoms with Crippen LogP contribution in [0.15, 0.2) is 10.2 Å². The number of nitrogens with zero attached hydrogens (tertiary/aromatic N) is 2. The first-order chi connectivity index (χ1) is 9.54. The van der Waals surface area contributed by atoms with E-state index in [9.17, 15) is 14.4 Å². The molecule has 1 fully saturated rings. The van der Waals surface area contributed by atoms with Gasteiger partial charge in [-0.2, -0.15) is 0 Å². The van der Waals surface area contributed by atoms with Crippen molar-refractivity contribution in [3.63, 3.8) is 0 Å². The molecule has 0 aliphatic carbocycles. The van der Waals surface area contributed by atoms with Crippen LogP contribution in [0.2, 0.25) is 0 Å². The van der Waals surface area contributed by atoms with Gasteiger partial charge in [0.25, 0.3) is 0 Å². The fraction of sp³-hybridized carbons (Fsp3) is 0.545. The van der Waals surface area contributed by atoms with E-state index in [0.717, 1.165) is 11.3 Å². The van der Waals surface area contributed by atoms with Crippen molar-refractivity contribution in [2.24, 2.45) is 0 Å². The van der Waals surface area contributed by atoms with Gasteiger partial charge in [-0.25, -0.2) is 4.79 Å². The second-order valence-electron chi connectivity index (χ2n) is 4.49. The highest BCUT2D eigenvalue weighted by atomic mass is 32.1. The van der Waals surface area contributed by atoms with Gasteiger partial charge >= 0.3 is 16.9 Å². The summed E-state index contributed by atoms with van der Waals surface area (Å²) in [6, 6.07) is -0.202. The number of hydrogen-bond donors (Lipinski definition) is 3. The monoisotopic (exact) mass is 300 g/mol. The van der Waals surface area contributed by atoms with Gasteiger partial charge in [-0.05, 0) is 0 Å². The molecule has 3 N–H and O–H groups in total. The molecule has 1 saturated heterocycles. The Balaban J connectivity index is 1.74. The predicted octanol–water partition coefficient (Wildman–Crippen LogP) is -0.652. The zero-order chi connectivity index (χ0) is 14.5. The zero-order valence-electron chi connectivity index (χ0n) is 10.8. The first kappa shape index (κ1) is 14.5. The van der Waals surface area contributed by atoms with Gasteiger partial charge in [-0.15, -0.1) is 0 Å². The SMILES string of the molecule is O=C(O)CN1CCN(C(=O)NCc2csc(=O)[nH]2)CC1. The molecule has 0 bridgehead atoms. The van der Waals surface area contributed by atoms with Crippen molar-refractivity contribution in [2.75, 3.05) is 32.7 Å². The zero-order valence-corrected chi connectivity index (χ0v) is 11.6. The summed E-state index contributed by atoms with van der Waals surface area (Å²) in [5.41, 5.74) is 0.679. The van der Waals surface area contributed by atoms with Crippen LogP contribution in [0.1, 0.15) is 5.69 Å². The van der Waals surface area contributed by atoms with E-state index in [1.165, 1.54) is 0 Å². The van der Waals surface area contributed by atoms with Crippen LogP contribution in [-0.4, -0.2) is 64.6 Å². The molecule has 0 spiro atoms. The number of H-pyrrole nitrogens is 1. The Morgan fingerprint density at radius 3 is 2.60 bits per heavy atom. The minimum atomic E-state index is -0.857. The van der Waals surface area contributed by atoms with Crippen LogP contribution in [0.5, 0.6) is 0 Å². The van der Waals surface area contributed by atoms with Crippen LogP contribution >= 0.6 is 11.3 Å². The average Bonchev–Trinajstić information content (AvgIpc) is 2.82. The van der Waals surface area contributed by atoms with Crippen LogP contribution in [0.4, 0.5) is 4.79 Å². The minimum Gasteiger partial charge on any atom is -0.480 e. The van der Waals surface area contributed by atoms with Crippen molar-refractivity contribution in [3.05, 3.63) is 20.7 Å². The molecule has 0 aromatic carbocycles. The van der Waals surface area contributed by atoms with Crippen molar-refractivity contribution in [2.45, 2.75) is 6.54 Å². The van der Waals surface area contributed by atoms with E-state index in [0.29, 0.717) is 31.9 Å². The number of aromatic amines is 1. The number of carbonyl (C=O) groups is 2. The summed E-state index contributed by atoms with van der Waals surface area (Å²) in [6.07, 6.45) is 0. The largest absolute Gasteiger partial charge is 0.480 e. The number of thiazole rings is 1. The molecular formula is C11H16N4O4S. The van der Waals surface area contributed by atoms with Crippen LogP contribution in [-0.2, 0) is 11.3 Å². The van der Waals surface area contributed by atoms with Gasteiger partial charge in [0.2, 0.25) is 0 Å². The van der Waals surface area contributed by atoms with Crippen molar-refractivity contribution < 1.29 is 14.7 Å². The standard InChI is InChI=1S/C11H16N4O4S/c16-9(17)6-14-1-3-15(4-2-14)10(18)12-5-8-7-20-11(19)13-8/h7H,1-6H2,(H,12,18)(H,13,19)(H,16,17). The Bertz CT molecular complexity index is 533. The first-order valence-electron chi connectivity index (χ1n) is 6.18. The molecule has 0 saturated carbocycles. The molecule has 2 heterocycles. The van der Waals surface area contributed by atoms with E-state index in [4.69, 9.17) is 5.11 Å². The number of carbonyl (C=O) groups excluding carboxylic acids is 1. The average molecular weight is 300 g/mol. The molecule has 110 valence electrons. The third-order valence-electron chi connectivity index (χ3n) is 3.02. The summed E-state index contributed by atoms with van der Waals surface area (Å²) >= 11 is 1.06. The number of hydrogen-bond acceptors (Lipinski definition) is 5. The molecule has 9 heteroatoms. The van der Waals surface area contributed by atoms with Gasteiger partial charge < -0.3 is 20.3 Å². The quantitative estimate of drug-likeness (QED) is 0.685. The highest BCUT2D eigenvalue weighted by molar-refractivity contribution is 7.07. The van der Waals surface area contributed by atoms with Crippen LogP contribution in [0.3, 0.4) is 0 Å². The third kappa shape index (κ3) is 4.07. The molecule has 1 aliphatic rings. The van der Waals surface area contributed by atoms with Gasteiger partial charge in [0.05, 0.1) is 13.1 Å². The molecule has 0 unspecified atom stereocenters. The molecule has 8 nitrogen and oxygen atoms in total. The topological polar surface area (TPSA) is 106 Å². The molecule has 0 radical (unpaired) electrons. The Morgan fingerprint density at radius 1 is 1.35 bits per heavy atom. The number of urea groups is 1. The fourth-order valence-electron chi connectivity index (χ4n) is 1.98. The smallest absolute Gasteiger partial charge is 0.317 e. The molecule has 1 aliphatic heterocycles. The minimum absolute atomic E-state index is 0.00556. The van der Waals surface area contributed by atoms with Crippen molar-refractivity contribution in [1.82, 2.24) is 20.1 Å². The molecule has 2 amide bonds.